The van der Waals surface area contributed by atoms with E-state index in [0.29, 0.717) is 12.0 Å². The number of rotatable bonds is 3. The van der Waals surface area contributed by atoms with Crippen molar-refractivity contribution < 1.29 is 9.47 Å². The summed E-state index contributed by atoms with van der Waals surface area (Å²) >= 11 is 0. The fourth-order valence-electron chi connectivity index (χ4n) is 4.77. The summed E-state index contributed by atoms with van der Waals surface area (Å²) in [4.78, 5) is 10.0. The first kappa shape index (κ1) is 17.2. The number of hydrogen-bond donors (Lipinski definition) is 0. The maximum Gasteiger partial charge on any atom is 0.161 e. The molecule has 2 atom stereocenters. The molecule has 1 saturated carbocycles. The normalized spacial score (nSPS) is 20.9. The molecule has 0 bridgehead atoms. The van der Waals surface area contributed by atoms with Gasteiger partial charge in [-0.05, 0) is 42.0 Å². The summed E-state index contributed by atoms with van der Waals surface area (Å²) in [6.45, 7) is 0. The lowest BCUT2D eigenvalue weighted by Gasteiger charge is -2.35. The fourth-order valence-corrected chi connectivity index (χ4v) is 4.77. The van der Waals surface area contributed by atoms with Crippen LogP contribution in [0.25, 0.3) is 10.8 Å². The van der Waals surface area contributed by atoms with Crippen LogP contribution < -0.4 is 9.47 Å². The van der Waals surface area contributed by atoms with Gasteiger partial charge in [-0.2, -0.15) is 0 Å². The number of pyridine rings is 1. The first-order chi connectivity index (χ1) is 13.8. The third-order valence-corrected chi connectivity index (χ3v) is 6.13. The predicted octanol–water partition coefficient (Wildman–Crippen LogP) is 5.13. The second-order valence-electron chi connectivity index (χ2n) is 7.61. The Hall–Kier alpha value is -2.88. The zero-order valence-corrected chi connectivity index (χ0v) is 16.3. The summed E-state index contributed by atoms with van der Waals surface area (Å²) in [5, 5.41) is 2.32. The van der Waals surface area contributed by atoms with E-state index in [4.69, 9.17) is 19.5 Å². The maximum absolute atomic E-state index is 5.61. The molecule has 4 nitrogen and oxygen atoms in total. The van der Waals surface area contributed by atoms with Crippen LogP contribution in [-0.4, -0.2) is 31.0 Å². The van der Waals surface area contributed by atoms with E-state index in [1.165, 1.54) is 30.2 Å². The Labute approximate surface area is 165 Å². The van der Waals surface area contributed by atoms with Crippen LogP contribution in [0.4, 0.5) is 0 Å². The zero-order valence-electron chi connectivity index (χ0n) is 16.3. The predicted molar refractivity (Wildman–Crippen MR) is 112 cm³/mol. The van der Waals surface area contributed by atoms with Crippen LogP contribution in [0, 0.1) is 0 Å². The number of aliphatic imine (C=N–C) groups is 1. The van der Waals surface area contributed by atoms with E-state index >= 15 is 0 Å². The molecule has 0 N–H and O–H groups in total. The molecule has 5 rings (SSSR count). The lowest BCUT2D eigenvalue weighted by atomic mass is 9.75. The molecule has 0 amide bonds. The van der Waals surface area contributed by atoms with Crippen molar-refractivity contribution >= 4 is 16.5 Å². The molecule has 4 heteroatoms. The van der Waals surface area contributed by atoms with Crippen molar-refractivity contribution in [1.82, 2.24) is 4.98 Å². The van der Waals surface area contributed by atoms with Crippen LogP contribution in [0.1, 0.15) is 48.4 Å². The van der Waals surface area contributed by atoms with Crippen molar-refractivity contribution in [3.8, 4) is 11.5 Å². The third-order valence-electron chi connectivity index (χ3n) is 6.13. The van der Waals surface area contributed by atoms with Gasteiger partial charge in [0.2, 0.25) is 0 Å². The van der Waals surface area contributed by atoms with Gasteiger partial charge in [0, 0.05) is 23.1 Å². The van der Waals surface area contributed by atoms with E-state index in [2.05, 4.69) is 42.5 Å². The Bertz CT molecular complexity index is 1070. The fraction of sp³-hybridized carbons (Fsp3) is 0.333. The molecule has 0 saturated heterocycles. The SMILES string of the molecule is COc1cc2c(cc1OC)[C@H]1CCCC[C@H]1N=C2c1nccc2ccccc12. The number of fused-ring (bicyclic) bond motifs is 4. The Kier molecular flexibility index (Phi) is 4.27. The molecule has 1 fully saturated rings. The standard InChI is InChI=1S/C24H24N2O2/c1-27-21-13-18-17-9-5-6-10-20(17)26-24(19(18)14-22(21)28-2)23-16-8-4-3-7-15(16)11-12-25-23/h3-4,7-8,11-14,17,20H,5-6,9-10H2,1-2H3/t17-,20-/m1/s1. The number of benzene rings is 2. The van der Waals surface area contributed by atoms with Crippen molar-refractivity contribution in [3.05, 3.63) is 65.5 Å². The molecule has 142 valence electrons. The zero-order chi connectivity index (χ0) is 19.1. The average Bonchev–Trinajstić information content (AvgIpc) is 2.77. The molecule has 28 heavy (non-hydrogen) atoms. The van der Waals surface area contributed by atoms with Crippen LogP contribution in [-0.2, 0) is 0 Å². The molecular formula is C24H24N2O2. The average molecular weight is 372 g/mol. The summed E-state index contributed by atoms with van der Waals surface area (Å²) in [5.74, 6) is 1.98. The van der Waals surface area contributed by atoms with Crippen molar-refractivity contribution in [3.63, 3.8) is 0 Å². The highest BCUT2D eigenvalue weighted by molar-refractivity contribution is 6.19. The summed E-state index contributed by atoms with van der Waals surface area (Å²) in [5.41, 5.74) is 4.39. The first-order valence-corrected chi connectivity index (χ1v) is 9.98. The maximum atomic E-state index is 5.61. The van der Waals surface area contributed by atoms with Gasteiger partial charge in [0.05, 0.1) is 31.7 Å². The number of ether oxygens (including phenoxy) is 2. The molecule has 2 heterocycles. The highest BCUT2D eigenvalue weighted by Gasteiger charge is 2.35. The van der Waals surface area contributed by atoms with Gasteiger partial charge in [-0.25, -0.2) is 0 Å². The molecule has 3 aromatic rings. The Balaban J connectivity index is 1.77. The molecule has 2 aromatic carbocycles. The molecule has 0 spiro atoms. The number of hydrogen-bond acceptors (Lipinski definition) is 4. The lowest BCUT2D eigenvalue weighted by molar-refractivity contribution is 0.349. The minimum Gasteiger partial charge on any atom is -0.493 e. The van der Waals surface area contributed by atoms with Gasteiger partial charge in [-0.3, -0.25) is 9.98 Å². The summed E-state index contributed by atoms with van der Waals surface area (Å²) in [6.07, 6.45) is 6.68. The van der Waals surface area contributed by atoms with E-state index in [9.17, 15) is 0 Å². The van der Waals surface area contributed by atoms with E-state index in [0.717, 1.165) is 40.3 Å². The van der Waals surface area contributed by atoms with Crippen LogP contribution in [0.3, 0.4) is 0 Å². The molecule has 0 radical (unpaired) electrons. The Morgan fingerprint density at radius 2 is 1.71 bits per heavy atom. The van der Waals surface area contributed by atoms with Crippen LogP contribution in [0.2, 0.25) is 0 Å². The summed E-state index contributed by atoms with van der Waals surface area (Å²) < 4.78 is 11.2. The number of nitrogens with zero attached hydrogens (tertiary/aromatic N) is 2. The van der Waals surface area contributed by atoms with Gasteiger partial charge in [-0.15, -0.1) is 0 Å². The van der Waals surface area contributed by atoms with Crippen molar-refractivity contribution in [2.75, 3.05) is 14.2 Å². The van der Waals surface area contributed by atoms with Gasteiger partial charge >= 0.3 is 0 Å². The molecule has 1 aliphatic heterocycles. The molecule has 2 aliphatic rings. The monoisotopic (exact) mass is 372 g/mol. The summed E-state index contributed by atoms with van der Waals surface area (Å²) in [6, 6.07) is 15.0. The van der Waals surface area contributed by atoms with E-state index in [-0.39, 0.29) is 0 Å². The Morgan fingerprint density at radius 1 is 0.929 bits per heavy atom. The smallest absolute Gasteiger partial charge is 0.161 e. The Morgan fingerprint density at radius 3 is 2.57 bits per heavy atom. The van der Waals surface area contributed by atoms with Gasteiger partial charge in [0.1, 0.15) is 0 Å². The van der Waals surface area contributed by atoms with Crippen molar-refractivity contribution in [2.45, 2.75) is 37.6 Å². The lowest BCUT2D eigenvalue weighted by Crippen LogP contribution is -2.30. The molecule has 1 aliphatic carbocycles. The van der Waals surface area contributed by atoms with Gasteiger partial charge in [0.25, 0.3) is 0 Å². The number of aromatic nitrogens is 1. The van der Waals surface area contributed by atoms with Gasteiger partial charge in [0.15, 0.2) is 11.5 Å². The minimum absolute atomic E-state index is 0.315. The van der Waals surface area contributed by atoms with E-state index in [1.54, 1.807) is 14.2 Å². The second-order valence-corrected chi connectivity index (χ2v) is 7.61. The van der Waals surface area contributed by atoms with Crippen LogP contribution >= 0.6 is 0 Å². The highest BCUT2D eigenvalue weighted by Crippen LogP contribution is 2.45. The number of methoxy groups -OCH3 is 2. The van der Waals surface area contributed by atoms with Crippen molar-refractivity contribution in [2.24, 2.45) is 4.99 Å². The highest BCUT2D eigenvalue weighted by atomic mass is 16.5. The molecule has 1 aromatic heterocycles. The summed E-state index contributed by atoms with van der Waals surface area (Å²) in [7, 11) is 3.39. The van der Waals surface area contributed by atoms with Gasteiger partial charge in [-0.1, -0.05) is 37.1 Å². The second kappa shape index (κ2) is 6.93. The minimum atomic E-state index is 0.315. The first-order valence-electron chi connectivity index (χ1n) is 9.98. The molecular weight excluding hydrogens is 348 g/mol. The van der Waals surface area contributed by atoms with E-state index < -0.39 is 0 Å². The topological polar surface area (TPSA) is 43.7 Å². The van der Waals surface area contributed by atoms with E-state index in [1.807, 2.05) is 6.20 Å². The van der Waals surface area contributed by atoms with Gasteiger partial charge < -0.3 is 9.47 Å². The van der Waals surface area contributed by atoms with Crippen molar-refractivity contribution in [1.29, 1.82) is 0 Å². The quantitative estimate of drug-likeness (QED) is 0.640. The van der Waals surface area contributed by atoms with Crippen LogP contribution in [0.15, 0.2) is 53.7 Å². The van der Waals surface area contributed by atoms with Crippen LogP contribution in [0.5, 0.6) is 11.5 Å². The largest absolute Gasteiger partial charge is 0.493 e. The third kappa shape index (κ3) is 2.67. The molecule has 0 unspecified atom stereocenters.